The van der Waals surface area contributed by atoms with E-state index in [1.54, 1.807) is 17.7 Å². The highest BCUT2D eigenvalue weighted by molar-refractivity contribution is 7.16. The molecular weight excluding hydrogens is 370 g/mol. The predicted molar refractivity (Wildman–Crippen MR) is 113 cm³/mol. The number of aryl methyl sites for hydroxylation is 1. The number of nitrogens with zero attached hydrogens (tertiary/aromatic N) is 4. The molecule has 3 N–H and O–H groups in total. The van der Waals surface area contributed by atoms with Crippen molar-refractivity contribution in [1.82, 2.24) is 24.9 Å². The molecule has 1 aromatic carbocycles. The van der Waals surface area contributed by atoms with Gasteiger partial charge in [0.1, 0.15) is 22.5 Å². The smallest absolute Gasteiger partial charge is 0.206 e. The maximum atomic E-state index is 4.54. The van der Waals surface area contributed by atoms with Crippen LogP contribution < -0.4 is 10.6 Å². The summed E-state index contributed by atoms with van der Waals surface area (Å²) in [5, 5.41) is 9.76. The van der Waals surface area contributed by atoms with Crippen molar-refractivity contribution in [2.45, 2.75) is 13.5 Å². The second-order valence-electron chi connectivity index (χ2n) is 6.50. The Balaban J connectivity index is 1.28. The average Bonchev–Trinajstić information content (AvgIpc) is 3.33. The topological polar surface area (TPSA) is 91.4 Å². The van der Waals surface area contributed by atoms with Crippen LogP contribution in [0.15, 0.2) is 54.3 Å². The second kappa shape index (κ2) is 6.90. The lowest BCUT2D eigenvalue weighted by Gasteiger charge is -2.08. The fourth-order valence-corrected chi connectivity index (χ4v) is 3.75. The number of benzene rings is 1. The lowest BCUT2D eigenvalue weighted by Crippen LogP contribution is -2.02. The highest BCUT2D eigenvalue weighted by atomic mass is 32.1. The Bertz CT molecular complexity index is 1260. The molecule has 0 saturated carbocycles. The maximum Gasteiger partial charge on any atom is 0.206 e. The highest BCUT2D eigenvalue weighted by Gasteiger charge is 2.06. The molecule has 5 rings (SSSR count). The van der Waals surface area contributed by atoms with Crippen LogP contribution in [0, 0.1) is 6.92 Å². The molecule has 0 atom stereocenters. The number of H-pyrrole nitrogens is 1. The zero-order valence-electron chi connectivity index (χ0n) is 15.1. The van der Waals surface area contributed by atoms with Gasteiger partial charge in [-0.2, -0.15) is 0 Å². The molecule has 4 aromatic heterocycles. The summed E-state index contributed by atoms with van der Waals surface area (Å²) in [5.74, 6) is 1.54. The second-order valence-corrected chi connectivity index (χ2v) is 7.40. The molecule has 8 heteroatoms. The van der Waals surface area contributed by atoms with Crippen LogP contribution in [0.25, 0.3) is 21.4 Å². The number of hydrogen-bond donors (Lipinski definition) is 3. The van der Waals surface area contributed by atoms with Crippen molar-refractivity contribution < 1.29 is 0 Å². The van der Waals surface area contributed by atoms with E-state index in [-0.39, 0.29) is 0 Å². The monoisotopic (exact) mass is 387 g/mol. The Morgan fingerprint density at radius 2 is 1.96 bits per heavy atom. The van der Waals surface area contributed by atoms with Crippen LogP contribution in [-0.4, -0.2) is 24.9 Å². The van der Waals surface area contributed by atoms with Crippen LogP contribution in [0.2, 0.25) is 0 Å². The van der Waals surface area contributed by atoms with Gasteiger partial charge in [0.05, 0.1) is 5.39 Å². The molecule has 0 saturated heterocycles. The normalized spacial score (nSPS) is 11.2. The standard InChI is InChI=1S/C20H17N7S/c1-12-8-16-18(21-9-12)27-20(26-16)25-14-4-2-13(3-5-14)10-22-17-15-6-7-28-19(15)24-11-23-17/h2-9,11H,10H2,1H3,(H,22,23,24)(H2,21,25,26,27). The molecule has 0 fully saturated rings. The number of hydrogen-bond acceptors (Lipinski definition) is 7. The first-order valence-electron chi connectivity index (χ1n) is 8.85. The van der Waals surface area contributed by atoms with Crippen LogP contribution >= 0.6 is 11.3 Å². The molecule has 7 nitrogen and oxygen atoms in total. The van der Waals surface area contributed by atoms with E-state index < -0.39 is 0 Å². The van der Waals surface area contributed by atoms with Crippen LogP contribution in [0.5, 0.6) is 0 Å². The van der Waals surface area contributed by atoms with Crippen molar-refractivity contribution in [2.24, 2.45) is 0 Å². The van der Waals surface area contributed by atoms with Gasteiger partial charge in [0.2, 0.25) is 5.95 Å². The lowest BCUT2D eigenvalue weighted by atomic mass is 10.2. The number of aromatic nitrogens is 5. The average molecular weight is 387 g/mol. The molecule has 0 spiro atoms. The van der Waals surface area contributed by atoms with E-state index in [0.717, 1.165) is 44.0 Å². The lowest BCUT2D eigenvalue weighted by molar-refractivity contribution is 1.10. The van der Waals surface area contributed by atoms with Gasteiger partial charge < -0.3 is 15.6 Å². The van der Waals surface area contributed by atoms with Gasteiger partial charge in [-0.1, -0.05) is 12.1 Å². The van der Waals surface area contributed by atoms with E-state index in [2.05, 4.69) is 47.7 Å². The molecule has 138 valence electrons. The summed E-state index contributed by atoms with van der Waals surface area (Å²) in [6, 6.07) is 12.3. The summed E-state index contributed by atoms with van der Waals surface area (Å²) in [6.07, 6.45) is 3.42. The van der Waals surface area contributed by atoms with Gasteiger partial charge in [0, 0.05) is 18.4 Å². The largest absolute Gasteiger partial charge is 0.365 e. The Morgan fingerprint density at radius 1 is 1.07 bits per heavy atom. The minimum atomic E-state index is 0.680. The first-order valence-corrected chi connectivity index (χ1v) is 9.73. The summed E-state index contributed by atoms with van der Waals surface area (Å²) < 4.78 is 0. The molecule has 0 aliphatic heterocycles. The number of rotatable bonds is 5. The maximum absolute atomic E-state index is 4.54. The van der Waals surface area contributed by atoms with Crippen LogP contribution in [-0.2, 0) is 6.54 Å². The van der Waals surface area contributed by atoms with Crippen molar-refractivity contribution in [3.8, 4) is 0 Å². The molecule has 0 bridgehead atoms. The Morgan fingerprint density at radius 3 is 2.86 bits per heavy atom. The van der Waals surface area contributed by atoms with Crippen molar-refractivity contribution in [1.29, 1.82) is 0 Å². The molecular formula is C20H17N7S. The van der Waals surface area contributed by atoms with E-state index in [1.807, 2.05) is 42.8 Å². The van der Waals surface area contributed by atoms with E-state index in [0.29, 0.717) is 12.5 Å². The zero-order chi connectivity index (χ0) is 18.9. The molecule has 5 aromatic rings. The van der Waals surface area contributed by atoms with Crippen LogP contribution in [0.1, 0.15) is 11.1 Å². The fraction of sp³-hybridized carbons (Fsp3) is 0.100. The number of aromatic amines is 1. The van der Waals surface area contributed by atoms with Gasteiger partial charge in [0.25, 0.3) is 0 Å². The Hall–Kier alpha value is -3.52. The Labute approximate surface area is 164 Å². The SMILES string of the molecule is Cc1cnc2[nH]c(Nc3ccc(CNc4ncnc5sccc45)cc3)nc2c1. The number of thiophene rings is 1. The van der Waals surface area contributed by atoms with Crippen molar-refractivity contribution in [3.05, 3.63) is 65.4 Å². The predicted octanol–water partition coefficient (Wildman–Crippen LogP) is 4.63. The molecule has 0 aliphatic carbocycles. The Kier molecular flexibility index (Phi) is 4.10. The molecule has 0 radical (unpaired) electrons. The minimum Gasteiger partial charge on any atom is -0.365 e. The summed E-state index contributed by atoms with van der Waals surface area (Å²) in [7, 11) is 0. The van der Waals surface area contributed by atoms with Gasteiger partial charge >= 0.3 is 0 Å². The van der Waals surface area contributed by atoms with Gasteiger partial charge in [0.15, 0.2) is 5.65 Å². The van der Waals surface area contributed by atoms with Crippen molar-refractivity contribution in [3.63, 3.8) is 0 Å². The number of imidazole rings is 1. The summed E-state index contributed by atoms with van der Waals surface area (Å²) in [4.78, 5) is 21.7. The number of fused-ring (bicyclic) bond motifs is 2. The molecule has 4 heterocycles. The zero-order valence-corrected chi connectivity index (χ0v) is 15.9. The fourth-order valence-electron chi connectivity index (χ4n) is 3.01. The molecule has 28 heavy (non-hydrogen) atoms. The third-order valence-corrected chi connectivity index (χ3v) is 5.23. The van der Waals surface area contributed by atoms with Crippen molar-refractivity contribution >= 4 is 50.2 Å². The quantitative estimate of drug-likeness (QED) is 0.407. The van der Waals surface area contributed by atoms with Gasteiger partial charge in [-0.15, -0.1) is 11.3 Å². The first kappa shape index (κ1) is 16.6. The highest BCUT2D eigenvalue weighted by Crippen LogP contribution is 2.24. The van der Waals surface area contributed by atoms with Gasteiger partial charge in [-0.25, -0.2) is 19.9 Å². The molecule has 0 aliphatic rings. The summed E-state index contributed by atoms with van der Waals surface area (Å²) in [6.45, 7) is 2.70. The number of nitrogens with one attached hydrogen (secondary N) is 3. The van der Waals surface area contributed by atoms with E-state index in [1.165, 1.54) is 0 Å². The first-order chi connectivity index (χ1) is 13.7. The van der Waals surface area contributed by atoms with Gasteiger partial charge in [-0.05, 0) is 47.7 Å². The third-order valence-electron chi connectivity index (χ3n) is 4.41. The van der Waals surface area contributed by atoms with E-state index >= 15 is 0 Å². The van der Waals surface area contributed by atoms with Crippen LogP contribution in [0.4, 0.5) is 17.5 Å². The molecule has 0 amide bonds. The minimum absolute atomic E-state index is 0.680. The van der Waals surface area contributed by atoms with Crippen LogP contribution in [0.3, 0.4) is 0 Å². The van der Waals surface area contributed by atoms with E-state index in [4.69, 9.17) is 0 Å². The molecule has 0 unspecified atom stereocenters. The summed E-state index contributed by atoms with van der Waals surface area (Å²) >= 11 is 1.62. The number of anilines is 3. The van der Waals surface area contributed by atoms with Crippen molar-refractivity contribution in [2.75, 3.05) is 10.6 Å². The van der Waals surface area contributed by atoms with Gasteiger partial charge in [-0.3, -0.25) is 0 Å². The summed E-state index contributed by atoms with van der Waals surface area (Å²) in [5.41, 5.74) is 4.84. The van der Waals surface area contributed by atoms with E-state index in [9.17, 15) is 0 Å². The number of pyridine rings is 1. The third kappa shape index (κ3) is 3.25.